The number of nitrogens with one attached hydrogen (secondary N) is 1. The van der Waals surface area contributed by atoms with E-state index in [1.807, 2.05) is 4.90 Å². The number of halogens is 1. The summed E-state index contributed by atoms with van der Waals surface area (Å²) in [4.78, 5) is 34.9. The minimum atomic E-state index is -0.339. The highest BCUT2D eigenvalue weighted by atomic mass is 19.1. The van der Waals surface area contributed by atoms with Crippen LogP contribution in [0.3, 0.4) is 0 Å². The van der Waals surface area contributed by atoms with Gasteiger partial charge in [0.05, 0.1) is 5.56 Å². The maximum Gasteiger partial charge on any atom is 0.254 e. The van der Waals surface area contributed by atoms with Gasteiger partial charge in [-0.2, -0.15) is 0 Å². The van der Waals surface area contributed by atoms with Gasteiger partial charge in [0.2, 0.25) is 5.78 Å². The van der Waals surface area contributed by atoms with Crippen molar-refractivity contribution in [1.29, 1.82) is 0 Å². The van der Waals surface area contributed by atoms with Crippen LogP contribution in [0.25, 0.3) is 5.78 Å². The van der Waals surface area contributed by atoms with Gasteiger partial charge in [-0.3, -0.25) is 14.0 Å². The Hall–Kier alpha value is -3.29. The predicted octanol–water partition coefficient (Wildman–Crippen LogP) is 2.01. The highest BCUT2D eigenvalue weighted by Gasteiger charge is 2.55. The van der Waals surface area contributed by atoms with Crippen molar-refractivity contribution < 1.29 is 14.0 Å². The SMILES string of the molecule is O=C(NCCC1C2CN(C(=O)c3ccc(F)cc3)CC12)c1cnc2nccn2c1. The topological polar surface area (TPSA) is 79.6 Å². The summed E-state index contributed by atoms with van der Waals surface area (Å²) in [7, 11) is 0. The Labute approximate surface area is 166 Å². The number of hydrogen-bond donors (Lipinski definition) is 1. The molecule has 2 unspecified atom stereocenters. The van der Waals surface area contributed by atoms with Crippen molar-refractivity contribution in [3.05, 3.63) is 66.0 Å². The maximum atomic E-state index is 13.0. The molecule has 3 heterocycles. The first-order valence-corrected chi connectivity index (χ1v) is 9.72. The monoisotopic (exact) mass is 393 g/mol. The van der Waals surface area contributed by atoms with E-state index in [4.69, 9.17) is 0 Å². The fourth-order valence-corrected chi connectivity index (χ4v) is 4.41. The molecule has 1 saturated heterocycles. The van der Waals surface area contributed by atoms with Crippen LogP contribution in [0.15, 0.2) is 49.1 Å². The first-order chi connectivity index (χ1) is 14.1. The van der Waals surface area contributed by atoms with Crippen molar-refractivity contribution in [2.45, 2.75) is 6.42 Å². The van der Waals surface area contributed by atoms with Crippen molar-refractivity contribution in [2.24, 2.45) is 17.8 Å². The molecule has 1 aliphatic carbocycles. The molecule has 148 valence electrons. The molecule has 0 bridgehead atoms. The van der Waals surface area contributed by atoms with Crippen molar-refractivity contribution in [1.82, 2.24) is 24.6 Å². The van der Waals surface area contributed by atoms with E-state index >= 15 is 0 Å². The van der Waals surface area contributed by atoms with E-state index < -0.39 is 0 Å². The zero-order valence-corrected chi connectivity index (χ0v) is 15.7. The van der Waals surface area contributed by atoms with E-state index in [0.29, 0.717) is 41.2 Å². The first kappa shape index (κ1) is 17.8. The van der Waals surface area contributed by atoms with Gasteiger partial charge in [-0.1, -0.05) is 0 Å². The number of hydrogen-bond acceptors (Lipinski definition) is 4. The van der Waals surface area contributed by atoms with E-state index in [1.54, 1.807) is 23.0 Å². The van der Waals surface area contributed by atoms with Gasteiger partial charge in [0, 0.05) is 50.0 Å². The third-order valence-electron chi connectivity index (χ3n) is 6.02. The van der Waals surface area contributed by atoms with E-state index in [0.717, 1.165) is 19.5 Å². The molecule has 2 atom stereocenters. The van der Waals surface area contributed by atoms with E-state index in [2.05, 4.69) is 15.3 Å². The van der Waals surface area contributed by atoms with Crippen LogP contribution in [0.1, 0.15) is 27.1 Å². The van der Waals surface area contributed by atoms with Gasteiger partial charge >= 0.3 is 0 Å². The zero-order chi connectivity index (χ0) is 20.0. The lowest BCUT2D eigenvalue weighted by atomic mass is 10.1. The molecule has 1 aliphatic heterocycles. The van der Waals surface area contributed by atoms with Crippen LogP contribution in [-0.4, -0.2) is 50.7 Å². The second kappa shape index (κ2) is 6.95. The fourth-order valence-electron chi connectivity index (χ4n) is 4.41. The summed E-state index contributed by atoms with van der Waals surface area (Å²) in [5, 5.41) is 2.95. The summed E-state index contributed by atoms with van der Waals surface area (Å²) >= 11 is 0. The Bertz CT molecular complexity index is 1070. The highest BCUT2D eigenvalue weighted by Crippen LogP contribution is 2.53. The van der Waals surface area contributed by atoms with Crippen molar-refractivity contribution in [3.8, 4) is 0 Å². The fraction of sp³-hybridized carbons (Fsp3) is 0.333. The largest absolute Gasteiger partial charge is 0.352 e. The Morgan fingerprint density at radius 2 is 1.86 bits per heavy atom. The number of amides is 2. The lowest BCUT2D eigenvalue weighted by Crippen LogP contribution is -2.32. The zero-order valence-electron chi connectivity index (χ0n) is 15.7. The molecule has 1 aromatic carbocycles. The van der Waals surface area contributed by atoms with Crippen molar-refractivity contribution >= 4 is 17.6 Å². The van der Waals surface area contributed by atoms with Crippen LogP contribution in [0.5, 0.6) is 0 Å². The van der Waals surface area contributed by atoms with Crippen LogP contribution in [0, 0.1) is 23.6 Å². The summed E-state index contributed by atoms with van der Waals surface area (Å²) in [6, 6.07) is 5.69. The average Bonchev–Trinajstić information content (AvgIpc) is 3.10. The first-order valence-electron chi connectivity index (χ1n) is 9.72. The molecule has 7 nitrogen and oxygen atoms in total. The minimum Gasteiger partial charge on any atom is -0.352 e. The molecule has 5 rings (SSSR count). The number of carbonyl (C=O) groups is 2. The normalized spacial score (nSPS) is 22.5. The Balaban J connectivity index is 1.09. The number of nitrogens with zero attached hydrogens (tertiary/aromatic N) is 4. The van der Waals surface area contributed by atoms with Gasteiger partial charge in [0.15, 0.2) is 0 Å². The summed E-state index contributed by atoms with van der Waals surface area (Å²) in [6.45, 7) is 2.08. The summed E-state index contributed by atoms with van der Waals surface area (Å²) in [5.74, 6) is 1.58. The van der Waals surface area contributed by atoms with Gasteiger partial charge in [-0.05, 0) is 48.4 Å². The number of likely N-dealkylation sites (tertiary alicyclic amines) is 1. The Morgan fingerprint density at radius 1 is 1.10 bits per heavy atom. The predicted molar refractivity (Wildman–Crippen MR) is 103 cm³/mol. The molecule has 29 heavy (non-hydrogen) atoms. The lowest BCUT2D eigenvalue weighted by molar-refractivity contribution is 0.0767. The van der Waals surface area contributed by atoms with Gasteiger partial charge < -0.3 is 10.2 Å². The number of fused-ring (bicyclic) bond motifs is 2. The number of piperidine rings is 1. The molecule has 2 aromatic heterocycles. The molecule has 1 saturated carbocycles. The molecule has 0 spiro atoms. The second-order valence-electron chi connectivity index (χ2n) is 7.73. The van der Waals surface area contributed by atoms with E-state index in [1.165, 1.54) is 30.5 Å². The molecule has 3 aromatic rings. The van der Waals surface area contributed by atoms with E-state index in [9.17, 15) is 14.0 Å². The quantitative estimate of drug-likeness (QED) is 0.719. The molecular weight excluding hydrogens is 373 g/mol. The smallest absolute Gasteiger partial charge is 0.254 e. The summed E-state index contributed by atoms with van der Waals surface area (Å²) in [6.07, 6.45) is 7.54. The Morgan fingerprint density at radius 3 is 2.62 bits per heavy atom. The maximum absolute atomic E-state index is 13.0. The third-order valence-corrected chi connectivity index (χ3v) is 6.02. The van der Waals surface area contributed by atoms with Crippen LogP contribution in [0.4, 0.5) is 4.39 Å². The molecule has 1 N–H and O–H groups in total. The molecular formula is C21H20FN5O2. The molecule has 2 amide bonds. The van der Waals surface area contributed by atoms with Crippen molar-refractivity contribution in [2.75, 3.05) is 19.6 Å². The van der Waals surface area contributed by atoms with Crippen LogP contribution in [0.2, 0.25) is 0 Å². The third kappa shape index (κ3) is 3.35. The number of aromatic nitrogens is 3. The van der Waals surface area contributed by atoms with Gasteiger partial charge in [-0.25, -0.2) is 14.4 Å². The summed E-state index contributed by atoms with van der Waals surface area (Å²) in [5.41, 5.74) is 1.03. The van der Waals surface area contributed by atoms with Crippen LogP contribution >= 0.6 is 0 Å². The molecule has 0 radical (unpaired) electrons. The van der Waals surface area contributed by atoms with Gasteiger partial charge in [0.25, 0.3) is 11.8 Å². The van der Waals surface area contributed by atoms with Crippen molar-refractivity contribution in [3.63, 3.8) is 0 Å². The average molecular weight is 393 g/mol. The number of imidazole rings is 1. The number of rotatable bonds is 5. The highest BCUT2D eigenvalue weighted by molar-refractivity contribution is 5.94. The summed E-state index contributed by atoms with van der Waals surface area (Å²) < 4.78 is 14.7. The van der Waals surface area contributed by atoms with Gasteiger partial charge in [0.1, 0.15) is 5.82 Å². The van der Waals surface area contributed by atoms with Crippen LogP contribution in [-0.2, 0) is 0 Å². The number of carbonyl (C=O) groups excluding carboxylic acids is 2. The van der Waals surface area contributed by atoms with Gasteiger partial charge in [-0.15, -0.1) is 0 Å². The second-order valence-corrected chi connectivity index (χ2v) is 7.73. The molecule has 2 aliphatic rings. The molecule has 8 heteroatoms. The Kier molecular flexibility index (Phi) is 4.26. The molecule has 2 fully saturated rings. The standard InChI is InChI=1S/C21H20FN5O2/c22-15-3-1-13(2-4-15)20(29)27-11-17-16(18(17)12-27)5-6-23-19(28)14-9-25-21-24-7-8-26(21)10-14/h1-4,7-10,16-18H,5-6,11-12H2,(H,23,28). The van der Waals surface area contributed by atoms with E-state index in [-0.39, 0.29) is 17.6 Å². The van der Waals surface area contributed by atoms with Crippen LogP contribution < -0.4 is 5.32 Å². The lowest BCUT2D eigenvalue weighted by Gasteiger charge is -2.20. The number of benzene rings is 1. The minimum absolute atomic E-state index is 0.0355.